The van der Waals surface area contributed by atoms with Gasteiger partial charge in [-0.2, -0.15) is 0 Å². The Labute approximate surface area is 126 Å². The van der Waals surface area contributed by atoms with Crippen LogP contribution in [0, 0.1) is 0 Å². The lowest BCUT2D eigenvalue weighted by atomic mass is 10.3. The topological polar surface area (TPSA) is 50.4 Å². The third kappa shape index (κ3) is 3.56. The Kier molecular flexibility index (Phi) is 4.71. The van der Waals surface area contributed by atoms with Crippen LogP contribution in [-0.2, 0) is 0 Å². The molecular formula is C14H12Cl2N2O2. The SMILES string of the molecule is COc1cccc(NC(=O)Nc2cccc(Cl)c2Cl)c1. The van der Waals surface area contributed by atoms with Gasteiger partial charge in [0.2, 0.25) is 0 Å². The molecule has 0 fully saturated rings. The molecule has 2 amide bonds. The minimum Gasteiger partial charge on any atom is -0.497 e. The summed E-state index contributed by atoms with van der Waals surface area (Å²) in [6.45, 7) is 0. The summed E-state index contributed by atoms with van der Waals surface area (Å²) >= 11 is 11.9. The van der Waals surface area contributed by atoms with Crippen LogP contribution in [0.5, 0.6) is 5.75 Å². The molecule has 2 aromatic rings. The summed E-state index contributed by atoms with van der Waals surface area (Å²) in [5, 5.41) is 5.99. The highest BCUT2D eigenvalue weighted by atomic mass is 35.5. The van der Waals surface area contributed by atoms with Gasteiger partial charge in [-0.05, 0) is 24.3 Å². The molecule has 2 N–H and O–H groups in total. The molecule has 2 aromatic carbocycles. The van der Waals surface area contributed by atoms with E-state index in [1.807, 2.05) is 0 Å². The quantitative estimate of drug-likeness (QED) is 0.867. The molecule has 0 aromatic heterocycles. The summed E-state index contributed by atoms with van der Waals surface area (Å²) in [5.74, 6) is 0.656. The maximum absolute atomic E-state index is 11.9. The molecule has 0 heterocycles. The maximum atomic E-state index is 11.9. The zero-order chi connectivity index (χ0) is 14.5. The van der Waals surface area contributed by atoms with Crippen LogP contribution >= 0.6 is 23.2 Å². The van der Waals surface area contributed by atoms with E-state index in [0.29, 0.717) is 27.2 Å². The van der Waals surface area contributed by atoms with E-state index in [1.54, 1.807) is 49.6 Å². The fourth-order valence-electron chi connectivity index (χ4n) is 1.59. The van der Waals surface area contributed by atoms with E-state index in [2.05, 4.69) is 10.6 Å². The van der Waals surface area contributed by atoms with Crippen LogP contribution in [0.2, 0.25) is 10.0 Å². The van der Waals surface area contributed by atoms with Crippen LogP contribution in [0.4, 0.5) is 16.2 Å². The summed E-state index contributed by atoms with van der Waals surface area (Å²) in [6, 6.07) is 11.6. The van der Waals surface area contributed by atoms with E-state index in [1.165, 1.54) is 0 Å². The number of ether oxygens (including phenoxy) is 1. The first kappa shape index (κ1) is 14.5. The first-order valence-electron chi connectivity index (χ1n) is 5.76. The average molecular weight is 311 g/mol. The number of nitrogens with one attached hydrogen (secondary N) is 2. The van der Waals surface area contributed by atoms with Crippen molar-refractivity contribution in [3.05, 3.63) is 52.5 Å². The first-order valence-corrected chi connectivity index (χ1v) is 6.52. The van der Waals surface area contributed by atoms with Crippen molar-refractivity contribution in [1.82, 2.24) is 0 Å². The predicted octanol–water partition coefficient (Wildman–Crippen LogP) is 4.65. The number of carbonyl (C=O) groups excluding carboxylic acids is 1. The van der Waals surface area contributed by atoms with Crippen LogP contribution in [-0.4, -0.2) is 13.1 Å². The van der Waals surface area contributed by atoms with E-state index in [0.717, 1.165) is 0 Å². The number of rotatable bonds is 3. The molecule has 0 bridgehead atoms. The third-order valence-electron chi connectivity index (χ3n) is 2.53. The highest BCUT2D eigenvalue weighted by Crippen LogP contribution is 2.29. The van der Waals surface area contributed by atoms with Gasteiger partial charge in [0.05, 0.1) is 22.8 Å². The zero-order valence-corrected chi connectivity index (χ0v) is 12.1. The summed E-state index contributed by atoms with van der Waals surface area (Å²) < 4.78 is 5.08. The largest absolute Gasteiger partial charge is 0.497 e. The number of benzene rings is 2. The molecule has 0 unspecified atom stereocenters. The minimum atomic E-state index is -0.414. The van der Waals surface area contributed by atoms with Gasteiger partial charge in [0.25, 0.3) is 0 Å². The highest BCUT2D eigenvalue weighted by Gasteiger charge is 2.08. The van der Waals surface area contributed by atoms with Crippen molar-refractivity contribution in [3.63, 3.8) is 0 Å². The molecule has 104 valence electrons. The Bertz CT molecular complexity index is 632. The van der Waals surface area contributed by atoms with Crippen LogP contribution in [0.15, 0.2) is 42.5 Å². The van der Waals surface area contributed by atoms with Gasteiger partial charge >= 0.3 is 6.03 Å². The maximum Gasteiger partial charge on any atom is 0.323 e. The smallest absolute Gasteiger partial charge is 0.323 e. The van der Waals surface area contributed by atoms with Gasteiger partial charge in [0.1, 0.15) is 5.75 Å². The van der Waals surface area contributed by atoms with E-state index in [9.17, 15) is 4.79 Å². The summed E-state index contributed by atoms with van der Waals surface area (Å²) in [6.07, 6.45) is 0. The number of amides is 2. The summed E-state index contributed by atoms with van der Waals surface area (Å²) in [4.78, 5) is 11.9. The lowest BCUT2D eigenvalue weighted by molar-refractivity contribution is 0.262. The molecule has 0 aliphatic carbocycles. The van der Waals surface area contributed by atoms with Gasteiger partial charge in [-0.3, -0.25) is 0 Å². The number of halogens is 2. The van der Waals surface area contributed by atoms with Gasteiger partial charge in [0, 0.05) is 11.8 Å². The Morgan fingerprint density at radius 2 is 1.85 bits per heavy atom. The van der Waals surface area contributed by atoms with Crippen molar-refractivity contribution in [2.75, 3.05) is 17.7 Å². The van der Waals surface area contributed by atoms with Crippen molar-refractivity contribution < 1.29 is 9.53 Å². The van der Waals surface area contributed by atoms with Gasteiger partial charge in [0.15, 0.2) is 0 Å². The van der Waals surface area contributed by atoms with E-state index < -0.39 is 6.03 Å². The predicted molar refractivity (Wildman–Crippen MR) is 82.1 cm³/mol. The fraction of sp³-hybridized carbons (Fsp3) is 0.0714. The Balaban J connectivity index is 2.07. The number of urea groups is 1. The monoisotopic (exact) mass is 310 g/mol. The van der Waals surface area contributed by atoms with E-state index in [-0.39, 0.29) is 0 Å². The van der Waals surface area contributed by atoms with Crippen LogP contribution < -0.4 is 15.4 Å². The second-order valence-electron chi connectivity index (χ2n) is 3.91. The minimum absolute atomic E-state index is 0.301. The first-order chi connectivity index (χ1) is 9.60. The number of anilines is 2. The second kappa shape index (κ2) is 6.50. The van der Waals surface area contributed by atoms with E-state index >= 15 is 0 Å². The van der Waals surface area contributed by atoms with Crippen molar-refractivity contribution >= 4 is 40.6 Å². The number of hydrogen-bond donors (Lipinski definition) is 2. The second-order valence-corrected chi connectivity index (χ2v) is 4.70. The molecule has 0 aliphatic heterocycles. The fourth-order valence-corrected chi connectivity index (χ4v) is 1.93. The van der Waals surface area contributed by atoms with Crippen molar-refractivity contribution in [1.29, 1.82) is 0 Å². The number of methoxy groups -OCH3 is 1. The number of hydrogen-bond acceptors (Lipinski definition) is 2. The van der Waals surface area contributed by atoms with Gasteiger partial charge in [-0.25, -0.2) is 4.79 Å². The van der Waals surface area contributed by atoms with Crippen LogP contribution in [0.1, 0.15) is 0 Å². The van der Waals surface area contributed by atoms with Crippen LogP contribution in [0.25, 0.3) is 0 Å². The Morgan fingerprint density at radius 1 is 1.10 bits per heavy atom. The molecule has 4 nitrogen and oxygen atoms in total. The molecule has 0 saturated carbocycles. The Hall–Kier alpha value is -1.91. The molecule has 0 radical (unpaired) electrons. The third-order valence-corrected chi connectivity index (χ3v) is 3.35. The standard InChI is InChI=1S/C14H12Cl2N2O2/c1-20-10-5-2-4-9(8-10)17-14(19)18-12-7-3-6-11(15)13(12)16/h2-8H,1H3,(H2,17,18,19). The molecule has 0 aliphatic rings. The molecule has 0 saturated heterocycles. The van der Waals surface area contributed by atoms with Gasteiger partial charge in [-0.15, -0.1) is 0 Å². The molecule has 0 spiro atoms. The molecule has 0 atom stereocenters. The van der Waals surface area contributed by atoms with Crippen molar-refractivity contribution in [3.8, 4) is 5.75 Å². The lowest BCUT2D eigenvalue weighted by Gasteiger charge is -2.10. The summed E-state index contributed by atoms with van der Waals surface area (Å²) in [7, 11) is 1.56. The average Bonchev–Trinajstić information content (AvgIpc) is 2.44. The van der Waals surface area contributed by atoms with Crippen molar-refractivity contribution in [2.45, 2.75) is 0 Å². The van der Waals surface area contributed by atoms with Gasteiger partial charge in [-0.1, -0.05) is 35.3 Å². The zero-order valence-electron chi connectivity index (χ0n) is 10.6. The normalized spacial score (nSPS) is 9.95. The summed E-state index contributed by atoms with van der Waals surface area (Å²) in [5.41, 5.74) is 1.06. The highest BCUT2D eigenvalue weighted by molar-refractivity contribution is 6.44. The number of carbonyl (C=O) groups is 1. The van der Waals surface area contributed by atoms with Gasteiger partial charge < -0.3 is 15.4 Å². The Morgan fingerprint density at radius 3 is 2.60 bits per heavy atom. The molecule has 6 heteroatoms. The van der Waals surface area contributed by atoms with Crippen LogP contribution in [0.3, 0.4) is 0 Å². The van der Waals surface area contributed by atoms with E-state index in [4.69, 9.17) is 27.9 Å². The molecule has 2 rings (SSSR count). The molecule has 20 heavy (non-hydrogen) atoms. The molecular weight excluding hydrogens is 299 g/mol. The van der Waals surface area contributed by atoms with Crippen molar-refractivity contribution in [2.24, 2.45) is 0 Å². The lowest BCUT2D eigenvalue weighted by Crippen LogP contribution is -2.19.